The number of aliphatic hydroxyl groups is 1. The monoisotopic (exact) mass is 243 g/mol. The molecule has 2 rings (SSSR count). The molecule has 1 unspecified atom stereocenters. The van der Waals surface area contributed by atoms with Gasteiger partial charge in [-0.1, -0.05) is 0 Å². The summed E-state index contributed by atoms with van der Waals surface area (Å²) in [4.78, 5) is 12.7. The van der Waals surface area contributed by atoms with Gasteiger partial charge in [-0.25, -0.2) is 8.78 Å². The first-order chi connectivity index (χ1) is 8.02. The fraction of sp³-hybridized carbons (Fsp3) is 0.364. The van der Waals surface area contributed by atoms with Crippen molar-refractivity contribution in [2.24, 2.45) is 5.92 Å². The molecule has 0 radical (unpaired) electrons. The molecule has 0 aliphatic carbocycles. The van der Waals surface area contributed by atoms with E-state index in [2.05, 4.69) is 0 Å². The molecule has 6 heteroatoms. The summed E-state index contributed by atoms with van der Waals surface area (Å²) in [6, 6.07) is 1.41. The number of phenols is 1. The van der Waals surface area contributed by atoms with Gasteiger partial charge in [0.1, 0.15) is 5.75 Å². The lowest BCUT2D eigenvalue weighted by atomic mass is 10.1. The van der Waals surface area contributed by atoms with Crippen LogP contribution in [0.1, 0.15) is 6.42 Å². The first-order valence-electron chi connectivity index (χ1n) is 5.12. The average Bonchev–Trinajstić information content (AvgIpc) is 2.65. The topological polar surface area (TPSA) is 60.8 Å². The summed E-state index contributed by atoms with van der Waals surface area (Å²) >= 11 is 0. The number of aromatic hydroxyl groups is 1. The fourth-order valence-electron chi connectivity index (χ4n) is 1.88. The number of anilines is 1. The standard InChI is InChI=1S/C11H11F2NO3/c12-7-2-9(10(16)3-8(7)13)14-4-6(5-15)1-11(14)17/h2-3,6,15-16H,1,4-5H2. The van der Waals surface area contributed by atoms with E-state index in [1.165, 1.54) is 0 Å². The van der Waals surface area contributed by atoms with Gasteiger partial charge in [-0.2, -0.15) is 0 Å². The van der Waals surface area contributed by atoms with Crippen LogP contribution >= 0.6 is 0 Å². The van der Waals surface area contributed by atoms with Crippen molar-refractivity contribution in [2.75, 3.05) is 18.1 Å². The van der Waals surface area contributed by atoms with Gasteiger partial charge >= 0.3 is 0 Å². The number of phenolic OH excluding ortho intramolecular Hbond substituents is 1. The van der Waals surface area contributed by atoms with Crippen LogP contribution < -0.4 is 4.90 Å². The van der Waals surface area contributed by atoms with E-state index in [1.807, 2.05) is 0 Å². The van der Waals surface area contributed by atoms with E-state index in [-0.39, 0.29) is 37.1 Å². The first kappa shape index (κ1) is 11.8. The van der Waals surface area contributed by atoms with E-state index in [1.54, 1.807) is 0 Å². The van der Waals surface area contributed by atoms with Crippen molar-refractivity contribution in [3.63, 3.8) is 0 Å². The molecule has 1 heterocycles. The molecule has 1 fully saturated rings. The average molecular weight is 243 g/mol. The minimum absolute atomic E-state index is 0.0650. The van der Waals surface area contributed by atoms with Crippen molar-refractivity contribution < 1.29 is 23.8 Å². The molecule has 0 spiro atoms. The van der Waals surface area contributed by atoms with Gasteiger partial charge in [-0.05, 0) is 0 Å². The molecule has 1 aromatic carbocycles. The Morgan fingerprint density at radius 3 is 2.59 bits per heavy atom. The van der Waals surface area contributed by atoms with Crippen LogP contribution in [0.2, 0.25) is 0 Å². The molecule has 0 saturated carbocycles. The van der Waals surface area contributed by atoms with Crippen LogP contribution in [0.25, 0.3) is 0 Å². The fourth-order valence-corrected chi connectivity index (χ4v) is 1.88. The zero-order valence-electron chi connectivity index (χ0n) is 8.86. The van der Waals surface area contributed by atoms with Gasteiger partial charge in [0.05, 0.1) is 5.69 Å². The van der Waals surface area contributed by atoms with Crippen LogP contribution in [0.4, 0.5) is 14.5 Å². The molecule has 2 N–H and O–H groups in total. The van der Waals surface area contributed by atoms with E-state index < -0.39 is 17.4 Å². The second kappa shape index (κ2) is 4.29. The number of aliphatic hydroxyl groups excluding tert-OH is 1. The predicted molar refractivity (Wildman–Crippen MR) is 55.6 cm³/mol. The van der Waals surface area contributed by atoms with Crippen molar-refractivity contribution >= 4 is 11.6 Å². The Morgan fingerprint density at radius 1 is 1.35 bits per heavy atom. The van der Waals surface area contributed by atoms with E-state index in [9.17, 15) is 18.7 Å². The summed E-state index contributed by atoms with van der Waals surface area (Å²) in [6.07, 6.45) is 0.134. The molecule has 4 nitrogen and oxygen atoms in total. The lowest BCUT2D eigenvalue weighted by Crippen LogP contribution is -2.25. The molecule has 92 valence electrons. The molecule has 1 amide bonds. The third kappa shape index (κ3) is 2.08. The van der Waals surface area contributed by atoms with E-state index in [0.717, 1.165) is 11.0 Å². The normalized spacial score (nSPS) is 20.1. The maximum Gasteiger partial charge on any atom is 0.227 e. The molecule has 1 aliphatic rings. The summed E-state index contributed by atoms with van der Waals surface area (Å²) in [5.74, 6) is -3.36. The molecule has 0 bridgehead atoms. The molecule has 1 saturated heterocycles. The largest absolute Gasteiger partial charge is 0.506 e. The van der Waals surface area contributed by atoms with Crippen LogP contribution in [0.5, 0.6) is 5.75 Å². The van der Waals surface area contributed by atoms with E-state index in [4.69, 9.17) is 5.11 Å². The predicted octanol–water partition coefficient (Wildman–Crippen LogP) is 1.02. The Bertz CT molecular complexity index is 464. The molecule has 1 aromatic rings. The Morgan fingerprint density at radius 2 is 2.00 bits per heavy atom. The summed E-state index contributed by atoms with van der Waals surface area (Å²) < 4.78 is 25.9. The highest BCUT2D eigenvalue weighted by molar-refractivity contribution is 5.97. The summed E-state index contributed by atoms with van der Waals surface area (Å²) in [5, 5.41) is 18.4. The number of amides is 1. The van der Waals surface area contributed by atoms with Gasteiger partial charge in [0.2, 0.25) is 5.91 Å². The summed E-state index contributed by atoms with van der Waals surface area (Å²) in [6.45, 7) is 0.0284. The number of rotatable bonds is 2. The molecule has 17 heavy (non-hydrogen) atoms. The third-order valence-electron chi connectivity index (χ3n) is 2.77. The zero-order valence-corrected chi connectivity index (χ0v) is 8.86. The number of carbonyl (C=O) groups is 1. The first-order valence-corrected chi connectivity index (χ1v) is 5.12. The van der Waals surface area contributed by atoms with Crippen LogP contribution in [0.3, 0.4) is 0 Å². The van der Waals surface area contributed by atoms with Crippen molar-refractivity contribution in [1.29, 1.82) is 0 Å². The molecular formula is C11H11F2NO3. The van der Waals surface area contributed by atoms with Crippen LogP contribution in [0.15, 0.2) is 12.1 Å². The molecule has 0 aromatic heterocycles. The highest BCUT2D eigenvalue weighted by Gasteiger charge is 2.32. The maximum atomic E-state index is 13.0. The minimum Gasteiger partial charge on any atom is -0.506 e. The quantitative estimate of drug-likeness (QED) is 0.815. The Hall–Kier alpha value is -1.69. The Balaban J connectivity index is 2.35. The van der Waals surface area contributed by atoms with Gasteiger partial charge in [0.15, 0.2) is 11.6 Å². The lowest BCUT2D eigenvalue weighted by Gasteiger charge is -2.17. The smallest absolute Gasteiger partial charge is 0.227 e. The van der Waals surface area contributed by atoms with Gasteiger partial charge in [-0.15, -0.1) is 0 Å². The molecule has 1 atom stereocenters. The van der Waals surface area contributed by atoms with Gasteiger partial charge < -0.3 is 15.1 Å². The minimum atomic E-state index is -1.17. The Kier molecular flexibility index (Phi) is 2.97. The van der Waals surface area contributed by atoms with Gasteiger partial charge in [-0.3, -0.25) is 4.79 Å². The van der Waals surface area contributed by atoms with Crippen molar-refractivity contribution in [2.45, 2.75) is 6.42 Å². The van der Waals surface area contributed by atoms with E-state index >= 15 is 0 Å². The second-order valence-electron chi connectivity index (χ2n) is 4.01. The van der Waals surface area contributed by atoms with Crippen LogP contribution in [-0.2, 0) is 4.79 Å². The number of carbonyl (C=O) groups excluding carboxylic acids is 1. The number of hydrogen-bond donors (Lipinski definition) is 2. The Labute approximate surface area is 96.1 Å². The van der Waals surface area contributed by atoms with Crippen LogP contribution in [0, 0.1) is 17.6 Å². The number of benzene rings is 1. The molecule has 1 aliphatic heterocycles. The number of hydrogen-bond acceptors (Lipinski definition) is 3. The van der Waals surface area contributed by atoms with Crippen molar-refractivity contribution in [3.05, 3.63) is 23.8 Å². The van der Waals surface area contributed by atoms with Gasteiger partial charge in [0, 0.05) is 37.6 Å². The SMILES string of the molecule is O=C1CC(CO)CN1c1cc(F)c(F)cc1O. The summed E-state index contributed by atoms with van der Waals surface area (Å²) in [7, 11) is 0. The van der Waals surface area contributed by atoms with E-state index in [0.29, 0.717) is 6.07 Å². The summed E-state index contributed by atoms with van der Waals surface area (Å²) in [5.41, 5.74) is -0.0650. The lowest BCUT2D eigenvalue weighted by molar-refractivity contribution is -0.117. The molecular weight excluding hydrogens is 232 g/mol. The highest BCUT2D eigenvalue weighted by Crippen LogP contribution is 2.33. The van der Waals surface area contributed by atoms with Crippen molar-refractivity contribution in [1.82, 2.24) is 0 Å². The third-order valence-corrected chi connectivity index (χ3v) is 2.77. The maximum absolute atomic E-state index is 13.0. The number of nitrogens with zero attached hydrogens (tertiary/aromatic N) is 1. The van der Waals surface area contributed by atoms with Crippen molar-refractivity contribution in [3.8, 4) is 5.75 Å². The second-order valence-corrected chi connectivity index (χ2v) is 4.01. The van der Waals surface area contributed by atoms with Crippen LogP contribution in [-0.4, -0.2) is 29.3 Å². The highest BCUT2D eigenvalue weighted by atomic mass is 19.2. The number of halogens is 2. The van der Waals surface area contributed by atoms with Gasteiger partial charge in [0.25, 0.3) is 0 Å². The zero-order chi connectivity index (χ0) is 12.6.